The fourth-order valence-corrected chi connectivity index (χ4v) is 7.04. The van der Waals surface area contributed by atoms with Crippen molar-refractivity contribution in [3.05, 3.63) is 0 Å². The summed E-state index contributed by atoms with van der Waals surface area (Å²) in [7, 11) is 0. The number of imide groups is 2. The van der Waals surface area contributed by atoms with Crippen molar-refractivity contribution in [3.63, 3.8) is 0 Å². The zero-order valence-corrected chi connectivity index (χ0v) is 30.3. The fraction of sp³-hybridized carbons (Fsp3) is 0.719. The second-order valence-corrected chi connectivity index (χ2v) is 14.4. The summed E-state index contributed by atoms with van der Waals surface area (Å²) < 4.78 is 0. The number of aliphatic hydroxyl groups excluding tert-OH is 3. The van der Waals surface area contributed by atoms with Crippen molar-refractivity contribution in [2.24, 2.45) is 5.73 Å². The summed E-state index contributed by atoms with van der Waals surface area (Å²) >= 11 is 1.77. The Morgan fingerprint density at radius 2 is 1.41 bits per heavy atom. The third-order valence-electron chi connectivity index (χ3n) is 7.95. The molecule has 9 N–H and O–H groups in total. The topological polar surface area (TPSA) is 306 Å². The zero-order valence-electron chi connectivity index (χ0n) is 28.7. The number of aliphatic carboxylic acids is 1. The minimum absolute atomic E-state index is 0. The van der Waals surface area contributed by atoms with Gasteiger partial charge in [0.25, 0.3) is 0 Å². The van der Waals surface area contributed by atoms with Gasteiger partial charge in [-0.05, 0) is 0 Å². The number of carboxylic acid groups (broad SMARTS) is 1. The number of thioether (sulfide) groups is 2. The molecule has 0 radical (unpaired) electrons. The molecule has 20 nitrogen and oxygen atoms in total. The van der Waals surface area contributed by atoms with E-state index in [1.54, 1.807) is 6.92 Å². The average Bonchev–Trinajstić information content (AvgIpc) is 3.53. The highest BCUT2D eigenvalue weighted by Crippen LogP contribution is 2.27. The first-order valence-electron chi connectivity index (χ1n) is 16.5. The van der Waals surface area contributed by atoms with Gasteiger partial charge in [-0.2, -0.15) is 0 Å². The highest BCUT2D eigenvalue weighted by molar-refractivity contribution is 8.01. The van der Waals surface area contributed by atoms with Crippen molar-refractivity contribution < 1.29 is 63.6 Å². The molecule has 2 saturated heterocycles. The SMILES string of the molecule is C.C.CCC(=O)CN(CCO)C(CO)C(=O)NCCSC1CC(=O)N(CCC(=O)NCC(O)CNC(=O)CCN2C(=O)CC(SC(N)C(=O)O)C2=O)C1=O. The summed E-state index contributed by atoms with van der Waals surface area (Å²) in [6.07, 6.45) is -1.83. The largest absolute Gasteiger partial charge is 0.479 e. The van der Waals surface area contributed by atoms with Crippen LogP contribution in [0, 0.1) is 0 Å². The number of nitrogens with two attached hydrogens (primary N) is 1. The van der Waals surface area contributed by atoms with Gasteiger partial charge in [0.2, 0.25) is 41.4 Å². The summed E-state index contributed by atoms with van der Waals surface area (Å²) in [6.45, 7) is -0.209. The van der Waals surface area contributed by atoms with E-state index in [2.05, 4.69) is 16.0 Å². The van der Waals surface area contributed by atoms with Crippen molar-refractivity contribution >= 4 is 76.6 Å². The lowest BCUT2D eigenvalue weighted by atomic mass is 10.2. The van der Waals surface area contributed by atoms with Crippen molar-refractivity contribution in [3.8, 4) is 0 Å². The molecule has 2 aliphatic rings. The van der Waals surface area contributed by atoms with E-state index >= 15 is 0 Å². The van der Waals surface area contributed by atoms with Crippen LogP contribution in [0.5, 0.6) is 0 Å². The van der Waals surface area contributed by atoms with E-state index in [0.29, 0.717) is 11.8 Å². The number of rotatable bonds is 25. The number of likely N-dealkylation sites (tertiary alicyclic amines) is 2. The van der Waals surface area contributed by atoms with E-state index in [0.717, 1.165) is 21.6 Å². The first-order valence-corrected chi connectivity index (χ1v) is 18.5. The Hall–Kier alpha value is -3.67. The Labute approximate surface area is 322 Å². The van der Waals surface area contributed by atoms with E-state index in [9.17, 15) is 58.5 Å². The predicted octanol–water partition coefficient (Wildman–Crippen LogP) is -3.53. The molecule has 308 valence electrons. The van der Waals surface area contributed by atoms with Crippen LogP contribution in [0.1, 0.15) is 53.9 Å². The number of aliphatic hydroxyl groups is 3. The monoisotopic (exact) mass is 809 g/mol. The number of carbonyl (C=O) groups excluding carboxylic acids is 8. The molecular weight excluding hydrogens is 755 g/mol. The molecule has 5 unspecified atom stereocenters. The Bertz CT molecular complexity index is 1340. The molecule has 2 rings (SSSR count). The molecule has 0 aromatic rings. The molecule has 2 heterocycles. The van der Waals surface area contributed by atoms with Crippen LogP contribution >= 0.6 is 23.5 Å². The summed E-state index contributed by atoms with van der Waals surface area (Å²) in [5.74, 6) is -5.14. The number of ketones is 1. The van der Waals surface area contributed by atoms with E-state index in [-0.39, 0.29) is 111 Å². The van der Waals surface area contributed by atoms with Crippen LogP contribution in [-0.4, -0.2) is 181 Å². The highest BCUT2D eigenvalue weighted by atomic mass is 32.2. The molecule has 0 spiro atoms. The number of nitrogens with zero attached hydrogens (tertiary/aromatic N) is 3. The maximum absolute atomic E-state index is 12.8. The molecule has 0 aromatic carbocycles. The first kappa shape index (κ1) is 50.3. The van der Waals surface area contributed by atoms with Crippen LogP contribution in [0.3, 0.4) is 0 Å². The summed E-state index contributed by atoms with van der Waals surface area (Å²) in [5, 5.41) is 42.5. The van der Waals surface area contributed by atoms with E-state index < -0.39 is 81.9 Å². The second-order valence-electron chi connectivity index (χ2n) is 11.8. The Balaban J connectivity index is 0.0000140. The van der Waals surface area contributed by atoms with Gasteiger partial charge in [0.15, 0.2) is 5.37 Å². The normalized spacial score (nSPS) is 18.5. The average molecular weight is 810 g/mol. The van der Waals surface area contributed by atoms with Gasteiger partial charge in [-0.15, -0.1) is 23.5 Å². The Morgan fingerprint density at radius 1 is 0.889 bits per heavy atom. The zero-order chi connectivity index (χ0) is 39.0. The smallest absolute Gasteiger partial charge is 0.331 e. The maximum atomic E-state index is 12.8. The molecular formula is C32H55N7O13S2. The van der Waals surface area contributed by atoms with Crippen LogP contribution in [0.15, 0.2) is 0 Å². The number of carboxylic acids is 1. The predicted molar refractivity (Wildman–Crippen MR) is 198 cm³/mol. The van der Waals surface area contributed by atoms with Crippen LogP contribution in [-0.2, 0) is 43.2 Å². The van der Waals surface area contributed by atoms with E-state index in [1.165, 1.54) is 4.90 Å². The van der Waals surface area contributed by atoms with Crippen molar-refractivity contribution in [2.45, 2.75) is 81.9 Å². The molecule has 0 saturated carbocycles. The van der Waals surface area contributed by atoms with Gasteiger partial charge in [0.05, 0.1) is 36.4 Å². The molecule has 2 fully saturated rings. The molecule has 0 aromatic heterocycles. The van der Waals surface area contributed by atoms with Crippen LogP contribution in [0.25, 0.3) is 0 Å². The summed E-state index contributed by atoms with van der Waals surface area (Å²) in [6, 6.07) is -1.05. The van der Waals surface area contributed by atoms with Crippen LogP contribution in [0.2, 0.25) is 0 Å². The first-order chi connectivity index (χ1) is 24.6. The quantitative estimate of drug-likeness (QED) is 0.0252. The van der Waals surface area contributed by atoms with Crippen LogP contribution < -0.4 is 21.7 Å². The fourth-order valence-electron chi connectivity index (χ4n) is 5.06. The number of carbonyl (C=O) groups is 9. The van der Waals surface area contributed by atoms with Gasteiger partial charge in [0.1, 0.15) is 11.8 Å². The maximum Gasteiger partial charge on any atom is 0.331 e. The number of hydrogen-bond acceptors (Lipinski definition) is 16. The number of nitrogens with one attached hydrogen (secondary N) is 3. The molecule has 0 bridgehead atoms. The molecule has 0 aliphatic carbocycles. The molecule has 54 heavy (non-hydrogen) atoms. The van der Waals surface area contributed by atoms with Gasteiger partial charge in [-0.1, -0.05) is 21.8 Å². The number of amides is 7. The third kappa shape index (κ3) is 16.0. The van der Waals surface area contributed by atoms with Crippen LogP contribution in [0.4, 0.5) is 0 Å². The lowest BCUT2D eigenvalue weighted by Gasteiger charge is -2.28. The van der Waals surface area contributed by atoms with Gasteiger partial charge in [-0.25, -0.2) is 4.79 Å². The molecule has 22 heteroatoms. The Kier molecular flexibility index (Phi) is 23.7. The second kappa shape index (κ2) is 25.4. The van der Waals surface area contributed by atoms with E-state index in [1.807, 2.05) is 0 Å². The summed E-state index contributed by atoms with van der Waals surface area (Å²) in [5.41, 5.74) is 5.41. The number of hydrogen-bond donors (Lipinski definition) is 8. The Morgan fingerprint density at radius 3 is 1.89 bits per heavy atom. The highest BCUT2D eigenvalue weighted by Gasteiger charge is 2.41. The van der Waals surface area contributed by atoms with Gasteiger partial charge in [0, 0.05) is 77.1 Å². The minimum Gasteiger partial charge on any atom is -0.479 e. The summed E-state index contributed by atoms with van der Waals surface area (Å²) in [4.78, 5) is 113. The van der Waals surface area contributed by atoms with Gasteiger partial charge in [-0.3, -0.25) is 53.1 Å². The molecule has 7 amide bonds. The standard InChI is InChI=1S/C30H47N7O13S2.2CH4/c1-2-17(40)15-35(8-9-38)19(16-39)27(46)32-5-10-51-20-11-24(44)36(28(20)47)6-3-22(42)33-13-18(41)14-34-23(43)4-7-37-25(45)12-21(29(37)48)52-26(31)30(49)50;;/h18-21,26,38-39,41H,2-16,31H2,1H3,(H,32,46)(H,33,42)(H,34,43)(H,49,50);2*1H4. The van der Waals surface area contributed by atoms with Gasteiger partial charge < -0.3 is 42.1 Å². The molecule has 2 aliphatic heterocycles. The minimum atomic E-state index is -1.39. The lowest BCUT2D eigenvalue weighted by molar-refractivity contribution is -0.140. The number of Topliss-reactive ketones (excluding diaryl/α,β-unsaturated/α-hetero) is 1. The van der Waals surface area contributed by atoms with Gasteiger partial charge >= 0.3 is 5.97 Å². The van der Waals surface area contributed by atoms with Crippen molar-refractivity contribution in [1.82, 2.24) is 30.7 Å². The third-order valence-corrected chi connectivity index (χ3v) is 10.4. The van der Waals surface area contributed by atoms with Crippen molar-refractivity contribution in [1.29, 1.82) is 0 Å². The van der Waals surface area contributed by atoms with Crippen molar-refractivity contribution in [2.75, 3.05) is 64.8 Å². The molecule has 5 atom stereocenters. The van der Waals surface area contributed by atoms with E-state index in [4.69, 9.17) is 10.8 Å². The lowest BCUT2D eigenvalue weighted by Crippen LogP contribution is -2.52.